The van der Waals surface area contributed by atoms with Crippen LogP contribution in [0.15, 0.2) is 54.1 Å². The fourth-order valence-electron chi connectivity index (χ4n) is 3.51. The van der Waals surface area contributed by atoms with Gasteiger partial charge in [-0.3, -0.25) is 20.4 Å². The summed E-state index contributed by atoms with van der Waals surface area (Å²) in [4.78, 5) is 25.3. The minimum absolute atomic E-state index is 0.112. The Balaban J connectivity index is 1.60. The number of aryl methyl sites for hydroxylation is 2. The highest BCUT2D eigenvalue weighted by atomic mass is 19.1. The van der Waals surface area contributed by atoms with Crippen LogP contribution >= 0.6 is 0 Å². The van der Waals surface area contributed by atoms with Gasteiger partial charge < -0.3 is 0 Å². The number of hydrogen-bond acceptors (Lipinski definition) is 4. The number of hydrogen-bond donors (Lipinski definition) is 3. The quantitative estimate of drug-likeness (QED) is 0.564. The second-order valence-electron chi connectivity index (χ2n) is 7.15. The summed E-state index contributed by atoms with van der Waals surface area (Å²) in [7, 11) is 0. The summed E-state index contributed by atoms with van der Waals surface area (Å²) < 4.78 is 13.2. The summed E-state index contributed by atoms with van der Waals surface area (Å²) in [6.07, 6.45) is 1.69. The van der Waals surface area contributed by atoms with Gasteiger partial charge in [-0.15, -0.1) is 0 Å². The van der Waals surface area contributed by atoms with Crippen LogP contribution in [0.2, 0.25) is 0 Å². The molecular weight excluding hydrogens is 359 g/mol. The van der Waals surface area contributed by atoms with Crippen molar-refractivity contribution in [2.24, 2.45) is 5.92 Å². The molecule has 6 nitrogen and oxygen atoms in total. The average molecular weight is 380 g/mol. The fourth-order valence-corrected chi connectivity index (χ4v) is 3.51. The molecule has 2 amide bonds. The molecule has 2 heterocycles. The Kier molecular flexibility index (Phi) is 4.70. The molecule has 2 fully saturated rings. The Morgan fingerprint density at radius 1 is 1.07 bits per heavy atom. The Morgan fingerprint density at radius 3 is 2.54 bits per heavy atom. The number of amides is 2. The Labute approximate surface area is 162 Å². The minimum atomic E-state index is -0.423. The van der Waals surface area contributed by atoms with Crippen LogP contribution in [0, 0.1) is 25.6 Å². The van der Waals surface area contributed by atoms with Crippen molar-refractivity contribution in [3.63, 3.8) is 0 Å². The van der Waals surface area contributed by atoms with Crippen LogP contribution in [0.4, 0.5) is 10.1 Å². The second kappa shape index (κ2) is 7.18. The van der Waals surface area contributed by atoms with E-state index in [2.05, 4.69) is 16.3 Å². The minimum Gasteiger partial charge on any atom is -0.267 e. The van der Waals surface area contributed by atoms with Gasteiger partial charge in [0, 0.05) is 12.5 Å². The van der Waals surface area contributed by atoms with Crippen LogP contribution in [-0.2, 0) is 9.59 Å². The zero-order chi connectivity index (χ0) is 19.8. The largest absolute Gasteiger partial charge is 0.282 e. The standard InChI is InChI=1S/C21H21FN4O2/c1-12-3-8-17(9-13(12)2)26-21(28)18(20(27)25-26)10-15-11-23-24-19(15)14-4-6-16(22)7-5-14/h3-10,15,19,23-24H,11H2,1-2H3,(H,25,27)/b18-10+. The van der Waals surface area contributed by atoms with Crippen LogP contribution in [0.3, 0.4) is 0 Å². The van der Waals surface area contributed by atoms with Crippen LogP contribution in [-0.4, -0.2) is 18.4 Å². The zero-order valence-electron chi connectivity index (χ0n) is 15.6. The third-order valence-corrected chi connectivity index (χ3v) is 5.27. The van der Waals surface area contributed by atoms with Crippen molar-refractivity contribution < 1.29 is 14.0 Å². The summed E-state index contributed by atoms with van der Waals surface area (Å²) in [5, 5.41) is 1.28. The molecule has 0 saturated carbocycles. The van der Waals surface area contributed by atoms with Crippen molar-refractivity contribution in [3.05, 3.63) is 76.6 Å². The molecule has 0 radical (unpaired) electrons. The number of nitrogens with one attached hydrogen (secondary N) is 3. The first kappa shape index (κ1) is 18.3. The highest BCUT2D eigenvalue weighted by molar-refractivity contribution is 6.29. The SMILES string of the molecule is Cc1ccc(N2NC(=O)/C(=C\C3CNNC3c3ccc(F)cc3)C2=O)cc1C. The Hall–Kier alpha value is -3.03. The van der Waals surface area contributed by atoms with E-state index in [9.17, 15) is 14.0 Å². The van der Waals surface area contributed by atoms with Crippen LogP contribution in [0.1, 0.15) is 22.7 Å². The molecule has 2 atom stereocenters. The van der Waals surface area contributed by atoms with Gasteiger partial charge in [-0.25, -0.2) is 14.8 Å². The van der Waals surface area contributed by atoms with Crippen molar-refractivity contribution in [1.82, 2.24) is 16.3 Å². The van der Waals surface area contributed by atoms with Gasteiger partial charge in [0.25, 0.3) is 11.8 Å². The molecule has 0 spiro atoms. The van der Waals surface area contributed by atoms with Crippen molar-refractivity contribution in [1.29, 1.82) is 0 Å². The van der Waals surface area contributed by atoms with E-state index < -0.39 is 5.91 Å². The van der Waals surface area contributed by atoms with Gasteiger partial charge in [-0.05, 0) is 54.8 Å². The lowest BCUT2D eigenvalue weighted by Crippen LogP contribution is -2.35. The highest BCUT2D eigenvalue weighted by Gasteiger charge is 2.37. The molecule has 2 aliphatic rings. The Bertz CT molecular complexity index is 971. The Morgan fingerprint density at radius 2 is 1.82 bits per heavy atom. The van der Waals surface area contributed by atoms with E-state index in [0.717, 1.165) is 16.7 Å². The number of nitrogens with zero attached hydrogens (tertiary/aromatic N) is 1. The summed E-state index contributed by atoms with van der Waals surface area (Å²) in [6, 6.07) is 11.6. The van der Waals surface area contributed by atoms with Crippen molar-refractivity contribution in [2.45, 2.75) is 19.9 Å². The summed E-state index contributed by atoms with van der Waals surface area (Å²) >= 11 is 0. The first-order valence-electron chi connectivity index (χ1n) is 9.12. The maximum absolute atomic E-state index is 13.2. The average Bonchev–Trinajstić information content (AvgIpc) is 3.25. The number of carbonyl (C=O) groups excluding carboxylic acids is 2. The van der Waals surface area contributed by atoms with E-state index in [4.69, 9.17) is 0 Å². The second-order valence-corrected chi connectivity index (χ2v) is 7.15. The molecule has 0 aromatic heterocycles. The molecule has 2 aromatic rings. The van der Waals surface area contributed by atoms with Crippen molar-refractivity contribution in [3.8, 4) is 0 Å². The van der Waals surface area contributed by atoms with Crippen LogP contribution in [0.25, 0.3) is 0 Å². The predicted octanol–water partition coefficient (Wildman–Crippen LogP) is 2.21. The molecule has 4 rings (SSSR count). The lowest BCUT2D eigenvalue weighted by Gasteiger charge is -2.17. The number of benzene rings is 2. The van der Waals surface area contributed by atoms with Crippen LogP contribution < -0.4 is 21.3 Å². The van der Waals surface area contributed by atoms with E-state index in [-0.39, 0.29) is 29.3 Å². The summed E-state index contributed by atoms with van der Waals surface area (Å²) in [5.74, 6) is -1.24. The van der Waals surface area contributed by atoms with E-state index in [1.807, 2.05) is 32.0 Å². The lowest BCUT2D eigenvalue weighted by atomic mass is 9.93. The topological polar surface area (TPSA) is 73.5 Å². The molecule has 28 heavy (non-hydrogen) atoms. The number of halogens is 1. The van der Waals surface area contributed by atoms with Crippen LogP contribution in [0.5, 0.6) is 0 Å². The molecule has 3 N–H and O–H groups in total. The molecule has 2 unspecified atom stereocenters. The molecule has 2 aliphatic heterocycles. The lowest BCUT2D eigenvalue weighted by molar-refractivity contribution is -0.117. The number of hydrazine groups is 2. The maximum Gasteiger partial charge on any atom is 0.282 e. The van der Waals surface area contributed by atoms with E-state index in [1.165, 1.54) is 17.1 Å². The van der Waals surface area contributed by atoms with Gasteiger partial charge >= 0.3 is 0 Å². The maximum atomic E-state index is 13.2. The molecule has 7 heteroatoms. The molecule has 144 valence electrons. The van der Waals surface area contributed by atoms with E-state index in [1.54, 1.807) is 18.2 Å². The monoisotopic (exact) mass is 380 g/mol. The molecule has 0 bridgehead atoms. The summed E-state index contributed by atoms with van der Waals surface area (Å²) in [5.41, 5.74) is 12.6. The number of rotatable bonds is 3. The van der Waals surface area contributed by atoms with Crippen molar-refractivity contribution in [2.75, 3.05) is 11.6 Å². The number of anilines is 1. The molecule has 2 saturated heterocycles. The van der Waals surface area contributed by atoms with Gasteiger partial charge in [0.2, 0.25) is 0 Å². The van der Waals surface area contributed by atoms with Gasteiger partial charge in [0.1, 0.15) is 11.4 Å². The first-order chi connectivity index (χ1) is 13.4. The van der Waals surface area contributed by atoms with Gasteiger partial charge in [0.05, 0.1) is 11.7 Å². The zero-order valence-corrected chi connectivity index (χ0v) is 15.6. The van der Waals surface area contributed by atoms with E-state index in [0.29, 0.717) is 12.2 Å². The van der Waals surface area contributed by atoms with E-state index >= 15 is 0 Å². The smallest absolute Gasteiger partial charge is 0.267 e. The van der Waals surface area contributed by atoms with Gasteiger partial charge in [-0.1, -0.05) is 24.3 Å². The van der Waals surface area contributed by atoms with Gasteiger partial charge in [0.15, 0.2) is 0 Å². The molecular formula is C21H21FN4O2. The predicted molar refractivity (Wildman–Crippen MR) is 103 cm³/mol. The van der Waals surface area contributed by atoms with Gasteiger partial charge in [-0.2, -0.15) is 0 Å². The normalized spacial score (nSPS) is 23.5. The third kappa shape index (κ3) is 3.30. The fraction of sp³-hybridized carbons (Fsp3) is 0.238. The summed E-state index contributed by atoms with van der Waals surface area (Å²) in [6.45, 7) is 4.50. The third-order valence-electron chi connectivity index (χ3n) is 5.27. The molecule has 2 aromatic carbocycles. The number of carbonyl (C=O) groups is 2. The molecule has 0 aliphatic carbocycles. The first-order valence-corrected chi connectivity index (χ1v) is 9.12. The van der Waals surface area contributed by atoms with Crippen molar-refractivity contribution >= 4 is 17.5 Å². The highest BCUT2D eigenvalue weighted by Crippen LogP contribution is 2.29.